The molecule has 0 aliphatic carbocycles. The van der Waals surface area contributed by atoms with Crippen molar-refractivity contribution in [3.63, 3.8) is 0 Å². The molecule has 2 rings (SSSR count). The fraction of sp³-hybridized carbons (Fsp3) is 0.200. The molecule has 122 valence electrons. The Kier molecular flexibility index (Phi) is 4.97. The second kappa shape index (κ2) is 6.76. The van der Waals surface area contributed by atoms with Crippen LogP contribution >= 0.6 is 0 Å². The average Bonchev–Trinajstić information content (AvgIpc) is 3.06. The largest absolute Gasteiger partial charge is 0.463 e. The van der Waals surface area contributed by atoms with Gasteiger partial charge < -0.3 is 4.42 Å². The van der Waals surface area contributed by atoms with Crippen molar-refractivity contribution >= 4 is 21.6 Å². The van der Waals surface area contributed by atoms with Crippen LogP contribution in [-0.2, 0) is 10.0 Å². The van der Waals surface area contributed by atoms with Crippen molar-refractivity contribution in [3.8, 4) is 0 Å². The molecule has 0 aliphatic rings. The van der Waals surface area contributed by atoms with Crippen LogP contribution in [0.5, 0.6) is 0 Å². The van der Waals surface area contributed by atoms with Crippen molar-refractivity contribution in [1.82, 2.24) is 9.73 Å². The number of sulfonamides is 1. The zero-order valence-corrected chi connectivity index (χ0v) is 13.8. The van der Waals surface area contributed by atoms with E-state index in [1.54, 1.807) is 19.1 Å². The van der Waals surface area contributed by atoms with Crippen LogP contribution in [0.25, 0.3) is 0 Å². The SMILES string of the molecule is C/C(=N/NC(=O)c1cccc(S(=O)(=O)N(C)C)c1)c1ccco1. The first-order valence-corrected chi connectivity index (χ1v) is 8.17. The summed E-state index contributed by atoms with van der Waals surface area (Å²) in [5.74, 6) is 0.0287. The molecular formula is C15H17N3O4S. The third-order valence-corrected chi connectivity index (χ3v) is 4.89. The average molecular weight is 335 g/mol. The minimum absolute atomic E-state index is 0.0434. The fourth-order valence-corrected chi connectivity index (χ4v) is 2.70. The van der Waals surface area contributed by atoms with Gasteiger partial charge in [0.05, 0.1) is 11.2 Å². The maximum Gasteiger partial charge on any atom is 0.271 e. The summed E-state index contributed by atoms with van der Waals surface area (Å²) in [6, 6.07) is 9.20. The summed E-state index contributed by atoms with van der Waals surface area (Å²) in [5, 5.41) is 3.93. The Morgan fingerprint density at radius 2 is 1.96 bits per heavy atom. The van der Waals surface area contributed by atoms with Crippen LogP contribution in [-0.4, -0.2) is 38.4 Å². The number of rotatable bonds is 5. The van der Waals surface area contributed by atoms with Gasteiger partial charge in [-0.25, -0.2) is 18.1 Å². The van der Waals surface area contributed by atoms with Crippen molar-refractivity contribution in [2.45, 2.75) is 11.8 Å². The first kappa shape index (κ1) is 16.9. The summed E-state index contributed by atoms with van der Waals surface area (Å²) < 4.78 is 30.4. The van der Waals surface area contributed by atoms with Crippen LogP contribution in [0.3, 0.4) is 0 Å². The van der Waals surface area contributed by atoms with E-state index in [1.165, 1.54) is 44.6 Å². The fourth-order valence-electron chi connectivity index (χ4n) is 1.75. The third kappa shape index (κ3) is 3.85. The predicted octanol–water partition coefficient (Wildman–Crippen LogP) is 1.68. The maximum absolute atomic E-state index is 12.1. The van der Waals surface area contributed by atoms with Gasteiger partial charge >= 0.3 is 0 Å². The molecule has 0 bridgehead atoms. The Hall–Kier alpha value is -2.45. The minimum atomic E-state index is -3.60. The highest BCUT2D eigenvalue weighted by Crippen LogP contribution is 2.14. The molecule has 0 saturated heterocycles. The van der Waals surface area contributed by atoms with E-state index in [9.17, 15) is 13.2 Å². The number of nitrogens with zero attached hydrogens (tertiary/aromatic N) is 2. The van der Waals surface area contributed by atoms with E-state index in [2.05, 4.69) is 10.5 Å². The summed E-state index contributed by atoms with van der Waals surface area (Å²) in [6.07, 6.45) is 1.51. The Morgan fingerprint density at radius 3 is 2.57 bits per heavy atom. The number of benzene rings is 1. The number of amides is 1. The lowest BCUT2D eigenvalue weighted by Crippen LogP contribution is -2.23. The van der Waals surface area contributed by atoms with Gasteiger partial charge in [0.1, 0.15) is 11.5 Å². The van der Waals surface area contributed by atoms with Gasteiger partial charge in [-0.2, -0.15) is 5.10 Å². The molecule has 1 aromatic carbocycles. The number of hydrogen-bond donors (Lipinski definition) is 1. The van der Waals surface area contributed by atoms with Crippen LogP contribution in [0.4, 0.5) is 0 Å². The molecule has 1 aromatic heterocycles. The maximum atomic E-state index is 12.1. The Bertz CT molecular complexity index is 824. The zero-order valence-electron chi connectivity index (χ0n) is 13.0. The molecule has 0 unspecified atom stereocenters. The van der Waals surface area contributed by atoms with Gasteiger partial charge in [-0.3, -0.25) is 4.79 Å². The lowest BCUT2D eigenvalue weighted by atomic mass is 10.2. The molecule has 0 radical (unpaired) electrons. The molecule has 1 amide bonds. The summed E-state index contributed by atoms with van der Waals surface area (Å²) in [6.45, 7) is 1.69. The van der Waals surface area contributed by atoms with Crippen molar-refractivity contribution in [1.29, 1.82) is 0 Å². The van der Waals surface area contributed by atoms with E-state index in [0.29, 0.717) is 11.5 Å². The minimum Gasteiger partial charge on any atom is -0.463 e. The normalized spacial score (nSPS) is 12.4. The van der Waals surface area contributed by atoms with Crippen LogP contribution in [0.1, 0.15) is 23.0 Å². The molecule has 0 saturated carbocycles. The van der Waals surface area contributed by atoms with Crippen LogP contribution < -0.4 is 5.43 Å². The van der Waals surface area contributed by atoms with E-state index in [-0.39, 0.29) is 10.5 Å². The molecule has 8 heteroatoms. The third-order valence-electron chi connectivity index (χ3n) is 3.08. The van der Waals surface area contributed by atoms with Gasteiger partial charge in [-0.15, -0.1) is 0 Å². The Labute approximate surface area is 134 Å². The van der Waals surface area contributed by atoms with Gasteiger partial charge in [0, 0.05) is 19.7 Å². The topological polar surface area (TPSA) is 92.0 Å². The molecule has 1 heterocycles. The smallest absolute Gasteiger partial charge is 0.271 e. The number of hydrazone groups is 1. The van der Waals surface area contributed by atoms with E-state index in [1.807, 2.05) is 0 Å². The molecule has 23 heavy (non-hydrogen) atoms. The van der Waals surface area contributed by atoms with Crippen molar-refractivity contribution < 1.29 is 17.6 Å². The van der Waals surface area contributed by atoms with Crippen molar-refractivity contribution in [2.75, 3.05) is 14.1 Å². The number of nitrogens with one attached hydrogen (secondary N) is 1. The van der Waals surface area contributed by atoms with Gasteiger partial charge in [-0.1, -0.05) is 6.07 Å². The quantitative estimate of drug-likeness (QED) is 0.665. The zero-order chi connectivity index (χ0) is 17.0. The summed E-state index contributed by atoms with van der Waals surface area (Å²) in [5.41, 5.74) is 3.07. The van der Waals surface area contributed by atoms with Gasteiger partial charge in [0.25, 0.3) is 5.91 Å². The lowest BCUT2D eigenvalue weighted by molar-refractivity contribution is 0.0954. The molecule has 0 fully saturated rings. The molecule has 0 aliphatic heterocycles. The summed E-state index contributed by atoms with van der Waals surface area (Å²) >= 11 is 0. The first-order chi connectivity index (χ1) is 10.8. The molecule has 1 N–H and O–H groups in total. The van der Waals surface area contributed by atoms with E-state index in [4.69, 9.17) is 4.42 Å². The standard InChI is InChI=1S/C15H17N3O4S/c1-11(14-8-5-9-22-14)16-17-15(19)12-6-4-7-13(10-12)23(20,21)18(2)3/h4-10H,1-3H3,(H,17,19)/b16-11-. The Morgan fingerprint density at radius 1 is 1.22 bits per heavy atom. The van der Waals surface area contributed by atoms with E-state index >= 15 is 0 Å². The molecular weight excluding hydrogens is 318 g/mol. The monoisotopic (exact) mass is 335 g/mol. The molecule has 2 aromatic rings. The summed E-state index contributed by atoms with van der Waals surface area (Å²) in [7, 11) is -0.738. The molecule has 0 spiro atoms. The highest BCUT2D eigenvalue weighted by atomic mass is 32.2. The van der Waals surface area contributed by atoms with Crippen LogP contribution in [0.2, 0.25) is 0 Å². The van der Waals surface area contributed by atoms with Gasteiger partial charge in [0.2, 0.25) is 10.0 Å². The second-order valence-electron chi connectivity index (χ2n) is 4.93. The van der Waals surface area contributed by atoms with Crippen molar-refractivity contribution in [2.24, 2.45) is 5.10 Å². The lowest BCUT2D eigenvalue weighted by Gasteiger charge is -2.11. The first-order valence-electron chi connectivity index (χ1n) is 6.73. The number of carbonyl (C=O) groups excluding carboxylic acids is 1. The highest BCUT2D eigenvalue weighted by molar-refractivity contribution is 7.89. The predicted molar refractivity (Wildman–Crippen MR) is 85.7 cm³/mol. The van der Waals surface area contributed by atoms with Gasteiger partial charge in [0.15, 0.2) is 0 Å². The molecule has 7 nitrogen and oxygen atoms in total. The van der Waals surface area contributed by atoms with Crippen molar-refractivity contribution in [3.05, 3.63) is 54.0 Å². The Balaban J connectivity index is 2.19. The van der Waals surface area contributed by atoms with E-state index < -0.39 is 15.9 Å². The number of hydrogen-bond acceptors (Lipinski definition) is 5. The highest BCUT2D eigenvalue weighted by Gasteiger charge is 2.18. The number of furan rings is 1. The number of carbonyl (C=O) groups is 1. The van der Waals surface area contributed by atoms with E-state index in [0.717, 1.165) is 4.31 Å². The second-order valence-corrected chi connectivity index (χ2v) is 7.08. The van der Waals surface area contributed by atoms with Crippen LogP contribution in [0.15, 0.2) is 57.1 Å². The van der Waals surface area contributed by atoms with Gasteiger partial charge in [-0.05, 0) is 37.3 Å². The molecule has 0 atom stereocenters. The summed E-state index contributed by atoms with van der Waals surface area (Å²) in [4.78, 5) is 12.2. The van der Waals surface area contributed by atoms with Crippen LogP contribution in [0, 0.1) is 0 Å².